The van der Waals surface area contributed by atoms with Gasteiger partial charge in [-0.05, 0) is 77.6 Å². The Balaban J connectivity index is 1.68. The van der Waals surface area contributed by atoms with E-state index in [-0.39, 0.29) is 6.54 Å². The van der Waals surface area contributed by atoms with Gasteiger partial charge in [0.1, 0.15) is 18.0 Å². The molecule has 1 aliphatic rings. The number of benzene rings is 3. The monoisotopic (exact) mass is 573 g/mol. The second-order valence-corrected chi connectivity index (χ2v) is 9.72. The second-order valence-electron chi connectivity index (χ2n) is 9.72. The summed E-state index contributed by atoms with van der Waals surface area (Å²) in [4.78, 5) is 14.5. The molecule has 8 nitrogen and oxygen atoms in total. The summed E-state index contributed by atoms with van der Waals surface area (Å²) < 4.78 is 61.2. The summed E-state index contributed by atoms with van der Waals surface area (Å²) in [5.41, 5.74) is 10.7. The lowest BCUT2D eigenvalue weighted by Crippen LogP contribution is -2.48. The Labute approximate surface area is 237 Å². The van der Waals surface area contributed by atoms with E-state index < -0.39 is 24.8 Å². The van der Waals surface area contributed by atoms with Crippen molar-refractivity contribution < 1.29 is 36.9 Å². The number of alkyl halides is 3. The minimum atomic E-state index is -4.53. The lowest BCUT2D eigenvalue weighted by Gasteiger charge is -2.39. The van der Waals surface area contributed by atoms with Gasteiger partial charge in [-0.3, -0.25) is 0 Å². The van der Waals surface area contributed by atoms with Crippen molar-refractivity contribution in [3.8, 4) is 23.0 Å². The third-order valence-corrected chi connectivity index (χ3v) is 7.07. The first-order chi connectivity index (χ1) is 19.5. The highest BCUT2D eigenvalue weighted by Crippen LogP contribution is 2.42. The van der Waals surface area contributed by atoms with Gasteiger partial charge in [0.25, 0.3) is 0 Å². The van der Waals surface area contributed by atoms with Crippen molar-refractivity contribution in [3.05, 3.63) is 76.3 Å². The number of aryl methyl sites for hydroxylation is 1. The van der Waals surface area contributed by atoms with Gasteiger partial charge in [-0.15, -0.1) is 0 Å². The van der Waals surface area contributed by atoms with Crippen LogP contribution >= 0.6 is 0 Å². The topological polar surface area (TPSA) is 95.3 Å². The van der Waals surface area contributed by atoms with E-state index in [1.54, 1.807) is 33.5 Å². The number of rotatable bonds is 9. The maximum Gasteiger partial charge on any atom is 0.405 e. The van der Waals surface area contributed by atoms with Crippen molar-refractivity contribution in [1.82, 2.24) is 10.2 Å². The van der Waals surface area contributed by atoms with Crippen LogP contribution in [0, 0.1) is 6.92 Å². The number of fused-ring (bicyclic) bond motifs is 1. The average Bonchev–Trinajstić information content (AvgIpc) is 2.95. The molecule has 1 unspecified atom stereocenters. The van der Waals surface area contributed by atoms with Crippen LogP contribution in [0.25, 0.3) is 0 Å². The van der Waals surface area contributed by atoms with Gasteiger partial charge in [0.2, 0.25) is 0 Å². The molecule has 41 heavy (non-hydrogen) atoms. The summed E-state index contributed by atoms with van der Waals surface area (Å²) in [6.45, 7) is 0.982. The Hall–Kier alpha value is -4.28. The van der Waals surface area contributed by atoms with Gasteiger partial charge < -0.3 is 34.9 Å². The maximum absolute atomic E-state index is 13.1. The Kier molecular flexibility index (Phi) is 9.05. The number of carbonyl (C=O) groups excluding carboxylic acids is 1. The number of carbonyl (C=O) groups is 1. The number of methoxy groups -OCH3 is 3. The highest BCUT2D eigenvalue weighted by Gasteiger charge is 2.36. The van der Waals surface area contributed by atoms with E-state index in [0.29, 0.717) is 48.1 Å². The molecule has 0 fully saturated rings. The predicted molar refractivity (Wildman–Crippen MR) is 149 cm³/mol. The van der Waals surface area contributed by atoms with Crippen molar-refractivity contribution in [2.24, 2.45) is 0 Å². The molecule has 0 saturated carbocycles. The number of halogens is 3. The Morgan fingerprint density at radius 2 is 1.73 bits per heavy atom. The molecule has 0 aliphatic carbocycles. The van der Waals surface area contributed by atoms with E-state index in [1.807, 2.05) is 48.6 Å². The van der Waals surface area contributed by atoms with Gasteiger partial charge >= 0.3 is 12.2 Å². The van der Waals surface area contributed by atoms with Crippen LogP contribution < -0.4 is 30.0 Å². The minimum absolute atomic E-state index is 0.217. The molecule has 2 amide bonds. The largest absolute Gasteiger partial charge is 0.497 e. The summed E-state index contributed by atoms with van der Waals surface area (Å²) in [6.07, 6.45) is -3.54. The highest BCUT2D eigenvalue weighted by molar-refractivity contribution is 5.76. The SMILES string of the molecule is COc1ccc(C2c3cc(OCCc4ccc(N)c(OC)c4)c(OC)cc3CCN2C(=O)NCC(F)(F)F)c(C)c1. The number of nitrogens with zero attached hydrogens (tertiary/aromatic N) is 1. The first-order valence-corrected chi connectivity index (χ1v) is 13.1. The third-order valence-electron chi connectivity index (χ3n) is 7.07. The summed E-state index contributed by atoms with van der Waals surface area (Å²) in [7, 11) is 4.65. The highest BCUT2D eigenvalue weighted by atomic mass is 19.4. The number of urea groups is 1. The Morgan fingerprint density at radius 3 is 2.39 bits per heavy atom. The zero-order valence-electron chi connectivity index (χ0n) is 23.4. The minimum Gasteiger partial charge on any atom is -0.497 e. The van der Waals surface area contributed by atoms with E-state index in [1.165, 1.54) is 4.90 Å². The fourth-order valence-corrected chi connectivity index (χ4v) is 5.00. The molecule has 3 N–H and O–H groups in total. The third kappa shape index (κ3) is 6.90. The number of ether oxygens (including phenoxy) is 4. The van der Waals surface area contributed by atoms with E-state index in [4.69, 9.17) is 24.7 Å². The summed E-state index contributed by atoms with van der Waals surface area (Å²) >= 11 is 0. The number of hydrogen-bond donors (Lipinski definition) is 2. The standard InChI is InChI=1S/C30H34F3N3O5/c1-18-13-21(38-2)6-7-22(18)28-23-16-27(41-12-10-19-5-8-24(34)25(14-19)39-3)26(40-4)15-20(23)9-11-36(28)29(37)35-17-30(31,32)33/h5-8,13-16,28H,9-12,17,34H2,1-4H3,(H,35,37). The molecule has 4 rings (SSSR count). The number of anilines is 1. The molecule has 3 aromatic rings. The molecule has 220 valence electrons. The summed E-state index contributed by atoms with van der Waals surface area (Å²) in [5, 5.41) is 2.03. The van der Waals surface area contributed by atoms with Crippen LogP contribution in [0.5, 0.6) is 23.0 Å². The number of hydrogen-bond acceptors (Lipinski definition) is 6. The van der Waals surface area contributed by atoms with Crippen LogP contribution in [0.15, 0.2) is 48.5 Å². The Morgan fingerprint density at radius 1 is 0.976 bits per heavy atom. The number of nitrogen functional groups attached to an aromatic ring is 1. The molecule has 1 atom stereocenters. The number of nitrogens with two attached hydrogens (primary N) is 1. The molecule has 11 heteroatoms. The van der Waals surface area contributed by atoms with Gasteiger partial charge in [-0.25, -0.2) is 4.79 Å². The molecular formula is C30H34F3N3O5. The van der Waals surface area contributed by atoms with Crippen LogP contribution in [0.3, 0.4) is 0 Å². The molecule has 0 aromatic heterocycles. The first kappa shape index (κ1) is 29.7. The van der Waals surface area contributed by atoms with Gasteiger partial charge in [-0.1, -0.05) is 12.1 Å². The average molecular weight is 574 g/mol. The smallest absolute Gasteiger partial charge is 0.405 e. The molecule has 0 bridgehead atoms. The van der Waals surface area contributed by atoms with Crippen LogP contribution in [0.1, 0.15) is 33.9 Å². The van der Waals surface area contributed by atoms with E-state index in [0.717, 1.165) is 27.8 Å². The van der Waals surface area contributed by atoms with E-state index >= 15 is 0 Å². The van der Waals surface area contributed by atoms with Gasteiger partial charge in [-0.2, -0.15) is 13.2 Å². The Bertz CT molecular complexity index is 1400. The summed E-state index contributed by atoms with van der Waals surface area (Å²) in [6, 6.07) is 13.2. The normalized spacial score (nSPS) is 14.7. The molecule has 0 spiro atoms. The number of nitrogens with one attached hydrogen (secondary N) is 1. The van der Waals surface area contributed by atoms with Gasteiger partial charge in [0.05, 0.1) is 39.7 Å². The molecule has 3 aromatic carbocycles. The fourth-order valence-electron chi connectivity index (χ4n) is 5.00. The molecule has 1 aliphatic heterocycles. The molecule has 0 saturated heterocycles. The van der Waals surface area contributed by atoms with Crippen LogP contribution in [0.2, 0.25) is 0 Å². The lowest BCUT2D eigenvalue weighted by molar-refractivity contribution is -0.123. The van der Waals surface area contributed by atoms with E-state index in [2.05, 4.69) is 0 Å². The fraction of sp³-hybridized carbons (Fsp3) is 0.367. The maximum atomic E-state index is 13.1. The van der Waals surface area contributed by atoms with Gasteiger partial charge in [0.15, 0.2) is 11.5 Å². The lowest BCUT2D eigenvalue weighted by atomic mass is 9.86. The van der Waals surface area contributed by atoms with Crippen molar-refractivity contribution in [2.75, 3.05) is 46.8 Å². The molecular weight excluding hydrogens is 539 g/mol. The van der Waals surface area contributed by atoms with Gasteiger partial charge in [0, 0.05) is 13.0 Å². The zero-order valence-corrected chi connectivity index (χ0v) is 23.4. The van der Waals surface area contributed by atoms with Crippen molar-refractivity contribution in [1.29, 1.82) is 0 Å². The molecule has 1 heterocycles. The van der Waals surface area contributed by atoms with Crippen LogP contribution in [-0.4, -0.2) is 58.1 Å². The van der Waals surface area contributed by atoms with Crippen LogP contribution in [0.4, 0.5) is 23.7 Å². The van der Waals surface area contributed by atoms with Crippen molar-refractivity contribution >= 4 is 11.7 Å². The van der Waals surface area contributed by atoms with Crippen molar-refractivity contribution in [3.63, 3.8) is 0 Å². The predicted octanol–water partition coefficient (Wildman–Crippen LogP) is 5.44. The zero-order chi connectivity index (χ0) is 29.7. The number of amides is 2. The summed E-state index contributed by atoms with van der Waals surface area (Å²) in [5.74, 6) is 2.20. The van der Waals surface area contributed by atoms with Crippen molar-refractivity contribution in [2.45, 2.75) is 32.0 Å². The van der Waals surface area contributed by atoms with Crippen LogP contribution in [-0.2, 0) is 12.8 Å². The molecule has 0 radical (unpaired) electrons. The first-order valence-electron chi connectivity index (χ1n) is 13.1. The second kappa shape index (κ2) is 12.5. The van der Waals surface area contributed by atoms with E-state index in [9.17, 15) is 18.0 Å². The quantitative estimate of drug-likeness (QED) is 0.331.